The summed E-state index contributed by atoms with van der Waals surface area (Å²) < 4.78 is 7.04. The topological polar surface area (TPSA) is 21.3 Å². The van der Waals surface area contributed by atoms with Crippen molar-refractivity contribution in [1.29, 1.82) is 0 Å². The van der Waals surface area contributed by atoms with E-state index in [1.165, 1.54) is 5.56 Å². The van der Waals surface area contributed by atoms with Gasteiger partial charge in [0, 0.05) is 23.5 Å². The van der Waals surface area contributed by atoms with Crippen LogP contribution in [0.15, 0.2) is 22.7 Å². The summed E-state index contributed by atoms with van der Waals surface area (Å²) in [5, 5.41) is 3.54. The monoisotopic (exact) mass is 297 g/mol. The van der Waals surface area contributed by atoms with Crippen LogP contribution in [0.5, 0.6) is 5.75 Å². The Balaban J connectivity index is 1.88. The Morgan fingerprint density at radius 2 is 2.18 bits per heavy atom. The van der Waals surface area contributed by atoms with Gasteiger partial charge in [0.1, 0.15) is 11.9 Å². The van der Waals surface area contributed by atoms with Crippen LogP contribution in [0.3, 0.4) is 0 Å². The van der Waals surface area contributed by atoms with Gasteiger partial charge >= 0.3 is 0 Å². The molecular formula is C14H20BrNO. The summed E-state index contributed by atoms with van der Waals surface area (Å²) in [6, 6.07) is 6.77. The van der Waals surface area contributed by atoms with E-state index in [0.29, 0.717) is 12.0 Å². The van der Waals surface area contributed by atoms with E-state index in [2.05, 4.69) is 48.1 Å². The summed E-state index contributed by atoms with van der Waals surface area (Å²) in [6.45, 7) is 7.62. The third-order valence-electron chi connectivity index (χ3n) is 3.43. The molecule has 2 unspecified atom stereocenters. The highest BCUT2D eigenvalue weighted by molar-refractivity contribution is 9.10. The number of ether oxygens (including phenoxy) is 1. The van der Waals surface area contributed by atoms with Gasteiger partial charge in [-0.15, -0.1) is 0 Å². The third kappa shape index (κ3) is 3.23. The lowest BCUT2D eigenvalue weighted by atomic mass is 10.1. The Labute approximate surface area is 112 Å². The highest BCUT2D eigenvalue weighted by Crippen LogP contribution is 2.30. The highest BCUT2D eigenvalue weighted by atomic mass is 79.9. The molecule has 0 bridgehead atoms. The van der Waals surface area contributed by atoms with E-state index in [1.54, 1.807) is 0 Å². The molecule has 0 amide bonds. The summed E-state index contributed by atoms with van der Waals surface area (Å²) >= 11 is 3.49. The van der Waals surface area contributed by atoms with Crippen LogP contribution in [-0.4, -0.2) is 18.7 Å². The van der Waals surface area contributed by atoms with Crippen LogP contribution in [0, 0.1) is 5.92 Å². The summed E-state index contributed by atoms with van der Waals surface area (Å²) in [7, 11) is 0. The van der Waals surface area contributed by atoms with Crippen molar-refractivity contribution in [3.63, 3.8) is 0 Å². The lowest BCUT2D eigenvalue weighted by Crippen LogP contribution is -2.38. The van der Waals surface area contributed by atoms with Gasteiger partial charge in [-0.1, -0.05) is 29.8 Å². The number of nitrogens with one attached hydrogen (secondary N) is 1. The summed E-state index contributed by atoms with van der Waals surface area (Å²) in [5.41, 5.74) is 1.31. The van der Waals surface area contributed by atoms with Gasteiger partial charge in [-0.25, -0.2) is 0 Å². The maximum absolute atomic E-state index is 5.91. The first kappa shape index (κ1) is 12.9. The molecule has 0 fully saturated rings. The molecule has 1 aromatic rings. The minimum Gasteiger partial charge on any atom is -0.488 e. The number of benzene rings is 1. The number of halogens is 1. The van der Waals surface area contributed by atoms with Crippen LogP contribution < -0.4 is 10.1 Å². The predicted octanol–water partition coefficient (Wildman–Crippen LogP) is 3.39. The first-order chi connectivity index (χ1) is 8.06. The van der Waals surface area contributed by atoms with E-state index in [9.17, 15) is 0 Å². The smallest absolute Gasteiger partial charge is 0.123 e. The summed E-state index contributed by atoms with van der Waals surface area (Å²) in [4.78, 5) is 0. The summed E-state index contributed by atoms with van der Waals surface area (Å²) in [5.74, 6) is 1.70. The molecule has 2 nitrogen and oxygen atoms in total. The zero-order chi connectivity index (χ0) is 12.4. The standard InChI is InChI=1S/C14H20BrNO/c1-9(2)10(3)16-8-13-7-11-6-12(15)4-5-14(11)17-13/h4-6,9-10,13,16H,7-8H2,1-3H3. The van der Waals surface area contributed by atoms with Crippen LogP contribution in [0.1, 0.15) is 26.3 Å². The van der Waals surface area contributed by atoms with Crippen molar-refractivity contribution < 1.29 is 4.74 Å². The van der Waals surface area contributed by atoms with Crippen molar-refractivity contribution in [2.75, 3.05) is 6.54 Å². The molecule has 0 radical (unpaired) electrons. The summed E-state index contributed by atoms with van der Waals surface area (Å²) in [6.07, 6.45) is 1.28. The van der Waals surface area contributed by atoms with E-state index >= 15 is 0 Å². The molecular weight excluding hydrogens is 278 g/mol. The zero-order valence-corrected chi connectivity index (χ0v) is 12.3. The van der Waals surface area contributed by atoms with Gasteiger partial charge in [-0.05, 0) is 36.6 Å². The van der Waals surface area contributed by atoms with Crippen molar-refractivity contribution in [2.24, 2.45) is 5.92 Å². The van der Waals surface area contributed by atoms with Crippen molar-refractivity contribution in [1.82, 2.24) is 5.32 Å². The fraction of sp³-hybridized carbons (Fsp3) is 0.571. The zero-order valence-electron chi connectivity index (χ0n) is 10.7. The number of rotatable bonds is 4. The van der Waals surface area contributed by atoms with Gasteiger partial charge in [-0.3, -0.25) is 0 Å². The Morgan fingerprint density at radius 1 is 1.41 bits per heavy atom. The molecule has 2 atom stereocenters. The van der Waals surface area contributed by atoms with E-state index in [1.807, 2.05) is 12.1 Å². The maximum atomic E-state index is 5.91. The van der Waals surface area contributed by atoms with E-state index in [-0.39, 0.29) is 6.10 Å². The molecule has 2 rings (SSSR count). The molecule has 0 spiro atoms. The molecule has 3 heteroatoms. The number of hydrogen-bond donors (Lipinski definition) is 1. The normalized spacial score (nSPS) is 20.2. The maximum Gasteiger partial charge on any atom is 0.123 e. The fourth-order valence-corrected chi connectivity index (χ4v) is 2.36. The second-order valence-electron chi connectivity index (χ2n) is 5.14. The molecule has 1 aliphatic rings. The minimum atomic E-state index is 0.278. The molecule has 17 heavy (non-hydrogen) atoms. The van der Waals surface area contributed by atoms with Crippen LogP contribution in [0.4, 0.5) is 0 Å². The molecule has 1 aromatic carbocycles. The van der Waals surface area contributed by atoms with Crippen LogP contribution >= 0.6 is 15.9 Å². The van der Waals surface area contributed by atoms with Gasteiger partial charge in [0.05, 0.1) is 0 Å². The van der Waals surface area contributed by atoms with E-state index < -0.39 is 0 Å². The van der Waals surface area contributed by atoms with Crippen LogP contribution in [-0.2, 0) is 6.42 Å². The molecule has 0 saturated carbocycles. The van der Waals surface area contributed by atoms with Gasteiger partial charge in [0.25, 0.3) is 0 Å². The molecule has 1 aliphatic heterocycles. The first-order valence-corrected chi connectivity index (χ1v) is 7.04. The number of fused-ring (bicyclic) bond motifs is 1. The van der Waals surface area contributed by atoms with Crippen molar-refractivity contribution in [2.45, 2.75) is 39.3 Å². The van der Waals surface area contributed by atoms with Crippen LogP contribution in [0.2, 0.25) is 0 Å². The van der Waals surface area contributed by atoms with Crippen molar-refractivity contribution in [3.8, 4) is 5.75 Å². The predicted molar refractivity (Wildman–Crippen MR) is 74.6 cm³/mol. The third-order valence-corrected chi connectivity index (χ3v) is 3.92. The molecule has 0 aliphatic carbocycles. The average molecular weight is 298 g/mol. The van der Waals surface area contributed by atoms with Gasteiger partial charge in [0.15, 0.2) is 0 Å². The Hall–Kier alpha value is -0.540. The second-order valence-corrected chi connectivity index (χ2v) is 6.05. The highest BCUT2D eigenvalue weighted by Gasteiger charge is 2.23. The average Bonchev–Trinajstić information content (AvgIpc) is 2.67. The molecule has 1 N–H and O–H groups in total. The quantitative estimate of drug-likeness (QED) is 0.920. The molecule has 0 aromatic heterocycles. The lowest BCUT2D eigenvalue weighted by Gasteiger charge is -2.20. The van der Waals surface area contributed by atoms with Crippen molar-refractivity contribution in [3.05, 3.63) is 28.2 Å². The minimum absolute atomic E-state index is 0.278. The van der Waals surface area contributed by atoms with Crippen LogP contribution in [0.25, 0.3) is 0 Å². The second kappa shape index (κ2) is 5.40. The molecule has 94 valence electrons. The van der Waals surface area contributed by atoms with Gasteiger partial charge in [0.2, 0.25) is 0 Å². The molecule has 1 heterocycles. The SMILES string of the molecule is CC(C)C(C)NCC1Cc2cc(Br)ccc2O1. The Bertz CT molecular complexity index is 392. The van der Waals surface area contributed by atoms with Crippen molar-refractivity contribution >= 4 is 15.9 Å². The Morgan fingerprint density at radius 3 is 2.88 bits per heavy atom. The van der Waals surface area contributed by atoms with E-state index in [4.69, 9.17) is 4.74 Å². The van der Waals surface area contributed by atoms with Gasteiger partial charge < -0.3 is 10.1 Å². The first-order valence-electron chi connectivity index (χ1n) is 6.24. The Kier molecular flexibility index (Phi) is 4.10. The lowest BCUT2D eigenvalue weighted by molar-refractivity contribution is 0.217. The van der Waals surface area contributed by atoms with E-state index in [0.717, 1.165) is 23.2 Å². The fourth-order valence-electron chi connectivity index (χ4n) is 1.96. The largest absolute Gasteiger partial charge is 0.488 e. The number of hydrogen-bond acceptors (Lipinski definition) is 2. The van der Waals surface area contributed by atoms with Gasteiger partial charge in [-0.2, -0.15) is 0 Å². The molecule has 0 saturated heterocycles.